The van der Waals surface area contributed by atoms with Gasteiger partial charge in [-0.15, -0.1) is 0 Å². The molecule has 0 aliphatic rings. The van der Waals surface area contributed by atoms with Crippen LogP contribution in [0.1, 0.15) is 33.2 Å². The quantitative estimate of drug-likeness (QED) is 0.356. The number of halogens is 1. The summed E-state index contributed by atoms with van der Waals surface area (Å²) < 4.78 is 6.15. The number of carbonyl (C=O) groups is 3. The van der Waals surface area contributed by atoms with Crippen molar-refractivity contribution in [3.8, 4) is 5.75 Å². The minimum Gasteiger partial charge on any atom is -0.496 e. The topological polar surface area (TPSA) is 84.5 Å². The van der Waals surface area contributed by atoms with Crippen LogP contribution in [0.2, 0.25) is 0 Å². The summed E-state index contributed by atoms with van der Waals surface area (Å²) in [6.07, 6.45) is 1.58. The van der Waals surface area contributed by atoms with Gasteiger partial charge in [-0.25, -0.2) is 0 Å². The fourth-order valence-electron chi connectivity index (χ4n) is 2.89. The number of anilines is 1. The average Bonchev–Trinajstić information content (AvgIpc) is 2.80. The molecule has 0 spiro atoms. The van der Waals surface area contributed by atoms with Gasteiger partial charge >= 0.3 is 0 Å². The van der Waals surface area contributed by atoms with Crippen LogP contribution in [-0.4, -0.2) is 24.7 Å². The van der Waals surface area contributed by atoms with Crippen molar-refractivity contribution in [3.05, 3.63) is 99.7 Å². The molecule has 2 N–H and O–H groups in total. The Morgan fingerprint density at radius 3 is 2.19 bits per heavy atom. The number of ether oxygens (including phenoxy) is 1. The summed E-state index contributed by atoms with van der Waals surface area (Å²) in [4.78, 5) is 37.4. The number of para-hydroxylation sites is 1. The van der Waals surface area contributed by atoms with Crippen LogP contribution in [0.4, 0.5) is 5.69 Å². The number of hydrogen-bond donors (Lipinski definition) is 2. The van der Waals surface area contributed by atoms with Crippen LogP contribution in [-0.2, 0) is 4.79 Å². The third-order valence-corrected chi connectivity index (χ3v) is 5.10. The number of Topliss-reactive ketones (excluding diaryl/α,β-unsaturated/α-hetero) is 1. The Morgan fingerprint density at radius 1 is 0.906 bits per heavy atom. The summed E-state index contributed by atoms with van der Waals surface area (Å²) in [7, 11) is 1.47. The molecule has 0 saturated carbocycles. The van der Waals surface area contributed by atoms with E-state index in [1.54, 1.807) is 54.6 Å². The maximum absolute atomic E-state index is 13.0. The molecule has 32 heavy (non-hydrogen) atoms. The van der Waals surface area contributed by atoms with Gasteiger partial charge in [-0.2, -0.15) is 0 Å². The zero-order valence-corrected chi connectivity index (χ0v) is 19.1. The van der Waals surface area contributed by atoms with Crippen molar-refractivity contribution in [2.75, 3.05) is 12.4 Å². The van der Waals surface area contributed by atoms with Gasteiger partial charge in [-0.1, -0.05) is 40.2 Å². The third-order valence-electron chi connectivity index (χ3n) is 4.57. The molecule has 2 amide bonds. The van der Waals surface area contributed by atoms with Crippen molar-refractivity contribution in [2.45, 2.75) is 6.92 Å². The SMILES string of the molecule is COc1ccccc1C(=O)NC(=Cc1ccc(Br)cc1)C(=O)Nc1ccc(C(C)=O)cc1. The van der Waals surface area contributed by atoms with Crippen LogP contribution in [0.3, 0.4) is 0 Å². The van der Waals surface area contributed by atoms with E-state index in [9.17, 15) is 14.4 Å². The van der Waals surface area contributed by atoms with Crippen LogP contribution in [0.15, 0.2) is 83.0 Å². The molecule has 3 aromatic carbocycles. The molecular formula is C25H21BrN2O4. The van der Waals surface area contributed by atoms with Gasteiger partial charge < -0.3 is 15.4 Å². The molecule has 3 aromatic rings. The second-order valence-corrected chi connectivity index (χ2v) is 7.77. The molecule has 0 bridgehead atoms. The van der Waals surface area contributed by atoms with Crippen LogP contribution in [0, 0.1) is 0 Å². The first-order chi connectivity index (χ1) is 15.4. The number of nitrogens with one attached hydrogen (secondary N) is 2. The standard InChI is InChI=1S/C25H21BrN2O4/c1-16(29)18-9-13-20(14-10-18)27-25(31)22(15-17-7-11-19(26)12-8-17)28-24(30)21-5-3-4-6-23(21)32-2/h3-15H,1-2H3,(H,27,31)(H,28,30). The first kappa shape index (κ1) is 23.0. The second-order valence-electron chi connectivity index (χ2n) is 6.85. The average molecular weight is 493 g/mol. The number of carbonyl (C=O) groups excluding carboxylic acids is 3. The van der Waals surface area contributed by atoms with E-state index in [4.69, 9.17) is 4.74 Å². The Bertz CT molecular complexity index is 1170. The van der Waals surface area contributed by atoms with Gasteiger partial charge in [-0.05, 0) is 67.1 Å². The largest absolute Gasteiger partial charge is 0.496 e. The highest BCUT2D eigenvalue weighted by Gasteiger charge is 2.18. The van der Waals surface area contributed by atoms with Gasteiger partial charge in [0.15, 0.2) is 5.78 Å². The van der Waals surface area contributed by atoms with Crippen molar-refractivity contribution in [2.24, 2.45) is 0 Å². The first-order valence-electron chi connectivity index (χ1n) is 9.71. The van der Waals surface area contributed by atoms with Gasteiger partial charge in [-0.3, -0.25) is 14.4 Å². The maximum atomic E-state index is 13.0. The number of methoxy groups -OCH3 is 1. The Hall–Kier alpha value is -3.71. The summed E-state index contributed by atoms with van der Waals surface area (Å²) >= 11 is 3.38. The van der Waals surface area contributed by atoms with Crippen molar-refractivity contribution >= 4 is 45.3 Å². The third kappa shape index (κ3) is 5.92. The van der Waals surface area contributed by atoms with Crippen LogP contribution in [0.5, 0.6) is 5.75 Å². The molecule has 0 atom stereocenters. The van der Waals surface area contributed by atoms with Gasteiger partial charge in [0.05, 0.1) is 12.7 Å². The lowest BCUT2D eigenvalue weighted by molar-refractivity contribution is -0.113. The zero-order chi connectivity index (χ0) is 23.1. The maximum Gasteiger partial charge on any atom is 0.272 e. The van der Waals surface area contributed by atoms with E-state index >= 15 is 0 Å². The second kappa shape index (κ2) is 10.5. The van der Waals surface area contributed by atoms with Crippen LogP contribution < -0.4 is 15.4 Å². The summed E-state index contributed by atoms with van der Waals surface area (Å²) in [5, 5.41) is 5.44. The highest BCUT2D eigenvalue weighted by molar-refractivity contribution is 9.10. The number of ketones is 1. The van der Waals surface area contributed by atoms with Crippen molar-refractivity contribution < 1.29 is 19.1 Å². The van der Waals surface area contributed by atoms with E-state index in [1.165, 1.54) is 14.0 Å². The zero-order valence-electron chi connectivity index (χ0n) is 17.5. The molecule has 0 fully saturated rings. The lowest BCUT2D eigenvalue weighted by atomic mass is 10.1. The van der Waals surface area contributed by atoms with Gasteiger partial charge in [0, 0.05) is 15.7 Å². The summed E-state index contributed by atoms with van der Waals surface area (Å²) in [5.74, 6) is -0.657. The summed E-state index contributed by atoms with van der Waals surface area (Å²) in [5.41, 5.74) is 2.12. The predicted octanol–water partition coefficient (Wildman–Crippen LogP) is 5.07. The van der Waals surface area contributed by atoms with E-state index in [2.05, 4.69) is 26.6 Å². The number of amides is 2. The van der Waals surface area contributed by atoms with Gasteiger partial charge in [0.2, 0.25) is 0 Å². The van der Waals surface area contributed by atoms with Crippen molar-refractivity contribution in [1.82, 2.24) is 5.32 Å². The highest BCUT2D eigenvalue weighted by Crippen LogP contribution is 2.19. The molecule has 0 aromatic heterocycles. The van der Waals surface area contributed by atoms with Gasteiger partial charge in [0.1, 0.15) is 11.4 Å². The molecule has 0 aliphatic heterocycles. The number of benzene rings is 3. The lowest BCUT2D eigenvalue weighted by Crippen LogP contribution is -2.31. The Morgan fingerprint density at radius 2 is 1.56 bits per heavy atom. The van der Waals surface area contributed by atoms with E-state index in [0.29, 0.717) is 22.6 Å². The van der Waals surface area contributed by atoms with E-state index in [-0.39, 0.29) is 11.5 Å². The normalized spacial score (nSPS) is 10.9. The highest BCUT2D eigenvalue weighted by atomic mass is 79.9. The lowest BCUT2D eigenvalue weighted by Gasteiger charge is -2.13. The van der Waals surface area contributed by atoms with Gasteiger partial charge in [0.25, 0.3) is 11.8 Å². The smallest absolute Gasteiger partial charge is 0.272 e. The molecule has 162 valence electrons. The molecular weight excluding hydrogens is 472 g/mol. The molecule has 0 unspecified atom stereocenters. The van der Waals surface area contributed by atoms with E-state index in [0.717, 1.165) is 10.0 Å². The minimum atomic E-state index is -0.508. The Labute approximate surface area is 194 Å². The molecule has 0 heterocycles. The molecule has 7 heteroatoms. The van der Waals surface area contributed by atoms with E-state index in [1.807, 2.05) is 24.3 Å². The first-order valence-corrected chi connectivity index (χ1v) is 10.5. The fraction of sp³-hybridized carbons (Fsp3) is 0.0800. The molecule has 3 rings (SSSR count). The minimum absolute atomic E-state index is 0.0545. The summed E-state index contributed by atoms with van der Waals surface area (Å²) in [6.45, 7) is 1.47. The number of rotatable bonds is 7. The van der Waals surface area contributed by atoms with Crippen molar-refractivity contribution in [3.63, 3.8) is 0 Å². The number of hydrogen-bond acceptors (Lipinski definition) is 4. The molecule has 0 aliphatic carbocycles. The molecule has 6 nitrogen and oxygen atoms in total. The molecule has 0 radical (unpaired) electrons. The monoisotopic (exact) mass is 492 g/mol. The van der Waals surface area contributed by atoms with E-state index < -0.39 is 11.8 Å². The Balaban J connectivity index is 1.89. The van der Waals surface area contributed by atoms with Crippen LogP contribution >= 0.6 is 15.9 Å². The predicted molar refractivity (Wildman–Crippen MR) is 128 cm³/mol. The van der Waals surface area contributed by atoms with Crippen molar-refractivity contribution in [1.29, 1.82) is 0 Å². The van der Waals surface area contributed by atoms with Crippen LogP contribution in [0.25, 0.3) is 6.08 Å². The fourth-order valence-corrected chi connectivity index (χ4v) is 3.16. The molecule has 0 saturated heterocycles. The Kier molecular flexibility index (Phi) is 7.57. The summed E-state index contributed by atoms with van der Waals surface area (Å²) in [6, 6.07) is 20.6.